The standard InChI is InChI=1S/C49H42F6N10O5.BrH/c1-65(28-39(58)66,20-4-18-61-26-37-40(44(61)67)42(31-14-10-29(24-56)11-15-31)59-46(69)63(37)35-8-2-6-33(22-35)48(50,51)52)21-5-19-62-27-38-41(45(62)68)43(32-16-12-30(25-57)13-17-32)60-47(70)64(38)36-9-3-7-34(23-36)49(53,54)55;/h2-3,6-17,22-23,42-43H,4-5,18-21,26-28H2,1H3,(H3-,58,59,60,66,69,70);1H/p+1/t42-,43-;/m1./s1. The average Bonchev–Trinajstić information content (AvgIpc) is 3.82. The molecule has 4 aliphatic rings. The van der Waals surface area contributed by atoms with Gasteiger partial charge in [-0.15, -0.1) is 17.0 Å². The summed E-state index contributed by atoms with van der Waals surface area (Å²) in [6.45, 7) is 0.304. The van der Waals surface area contributed by atoms with Crippen LogP contribution in [0.15, 0.2) is 120 Å². The fraction of sp³-hybridized carbons (Fsp3) is 0.286. The summed E-state index contributed by atoms with van der Waals surface area (Å²) in [5.41, 5.74) is 5.71. The molecule has 22 heteroatoms. The second kappa shape index (κ2) is 20.0. The van der Waals surface area contributed by atoms with Crippen LogP contribution in [0.2, 0.25) is 0 Å². The van der Waals surface area contributed by atoms with Gasteiger partial charge >= 0.3 is 24.4 Å². The second-order valence-electron chi connectivity index (χ2n) is 17.6. The number of alkyl halides is 6. The Balaban J connectivity index is 0.00000741. The van der Waals surface area contributed by atoms with Gasteiger partial charge in [-0.25, -0.2) is 9.59 Å². The minimum absolute atomic E-state index is 0. The molecule has 0 aromatic heterocycles. The number of carbonyl (C=O) groups excluding carboxylic acids is 5. The number of rotatable bonds is 14. The maximum Gasteiger partial charge on any atom is 0.416 e. The molecule has 4 N–H and O–H groups in total. The highest BCUT2D eigenvalue weighted by Crippen LogP contribution is 2.42. The molecule has 71 heavy (non-hydrogen) atoms. The monoisotopic (exact) mass is 1050 g/mol. The number of nitrogens with two attached hydrogens (primary N) is 1. The van der Waals surface area contributed by atoms with Crippen LogP contribution in [0.1, 0.15) is 58.3 Å². The molecule has 0 bridgehead atoms. The highest BCUT2D eigenvalue weighted by molar-refractivity contribution is 8.93. The van der Waals surface area contributed by atoms with Gasteiger partial charge in [0.05, 0.1) is 114 Å². The molecule has 0 spiro atoms. The summed E-state index contributed by atoms with van der Waals surface area (Å²) in [5.74, 6) is -1.61. The Morgan fingerprint density at radius 1 is 0.662 bits per heavy atom. The van der Waals surface area contributed by atoms with Crippen molar-refractivity contribution in [2.24, 2.45) is 5.73 Å². The molecule has 0 saturated heterocycles. The van der Waals surface area contributed by atoms with E-state index in [9.17, 15) is 60.8 Å². The number of urea groups is 2. The first kappa shape index (κ1) is 51.2. The molecule has 0 aliphatic carbocycles. The molecule has 8 rings (SSSR count). The summed E-state index contributed by atoms with van der Waals surface area (Å²) >= 11 is 0. The molecule has 4 aromatic carbocycles. The lowest BCUT2D eigenvalue weighted by molar-refractivity contribution is -0.902. The van der Waals surface area contributed by atoms with Crippen molar-refractivity contribution in [2.75, 3.05) is 62.7 Å². The van der Waals surface area contributed by atoms with Crippen molar-refractivity contribution < 1.29 is 54.8 Å². The summed E-state index contributed by atoms with van der Waals surface area (Å²) in [5, 5.41) is 24.2. The number of carbonyl (C=O) groups is 5. The highest BCUT2D eigenvalue weighted by atomic mass is 79.9. The number of anilines is 2. The summed E-state index contributed by atoms with van der Waals surface area (Å²) in [4.78, 5) is 73.7. The SMILES string of the molecule is Br.C[N+](CCCN1CC2=C(C1=O)[C@@H](c1ccc(C#N)cc1)NC(=O)N2c1cccc(C(F)(F)F)c1)(CCCN1CC2=C(C1=O)[C@@H](c1ccc(C#N)cc1)NC(=O)N2c1cccc(C(F)(F)F)c1)CC(N)=O. The van der Waals surface area contributed by atoms with Gasteiger partial charge in [-0.2, -0.15) is 36.9 Å². The topological polar surface area (TPSA) is 196 Å². The van der Waals surface area contributed by atoms with Crippen LogP contribution in [0.25, 0.3) is 0 Å². The minimum atomic E-state index is -4.72. The number of amides is 7. The van der Waals surface area contributed by atoms with Gasteiger partial charge in [-0.3, -0.25) is 24.2 Å². The van der Waals surface area contributed by atoms with Crippen LogP contribution in [-0.4, -0.2) is 96.9 Å². The van der Waals surface area contributed by atoms with E-state index in [2.05, 4.69) is 10.6 Å². The van der Waals surface area contributed by atoms with Gasteiger partial charge in [0, 0.05) is 25.9 Å². The first-order valence-electron chi connectivity index (χ1n) is 21.9. The highest BCUT2D eigenvalue weighted by Gasteiger charge is 2.47. The summed E-state index contributed by atoms with van der Waals surface area (Å²) in [6.07, 6.45) is -8.87. The number of nitrogens with zero attached hydrogens (tertiary/aromatic N) is 7. The lowest BCUT2D eigenvalue weighted by Gasteiger charge is -2.34. The van der Waals surface area contributed by atoms with E-state index in [0.29, 0.717) is 22.3 Å². The Morgan fingerprint density at radius 3 is 1.38 bits per heavy atom. The third-order valence-corrected chi connectivity index (χ3v) is 12.8. The number of nitrogens with one attached hydrogen (secondary N) is 2. The molecule has 2 atom stereocenters. The van der Waals surface area contributed by atoms with Gasteiger partial charge in [0.15, 0.2) is 6.54 Å². The van der Waals surface area contributed by atoms with Crippen molar-refractivity contribution in [3.05, 3.63) is 153 Å². The van der Waals surface area contributed by atoms with Crippen LogP contribution in [-0.2, 0) is 26.7 Å². The van der Waals surface area contributed by atoms with Gasteiger partial charge in [0.25, 0.3) is 17.7 Å². The van der Waals surface area contributed by atoms with Crippen molar-refractivity contribution in [2.45, 2.75) is 37.3 Å². The van der Waals surface area contributed by atoms with Gasteiger partial charge < -0.3 is 30.7 Å². The quantitative estimate of drug-likeness (QED) is 0.0878. The summed E-state index contributed by atoms with van der Waals surface area (Å²) in [7, 11) is 1.77. The zero-order valence-corrected chi connectivity index (χ0v) is 39.4. The van der Waals surface area contributed by atoms with Gasteiger partial charge in [-0.05, 0) is 71.8 Å². The first-order valence-corrected chi connectivity index (χ1v) is 21.9. The van der Waals surface area contributed by atoms with Crippen LogP contribution >= 0.6 is 17.0 Å². The zero-order chi connectivity index (χ0) is 50.3. The minimum Gasteiger partial charge on any atom is -0.365 e. The van der Waals surface area contributed by atoms with E-state index >= 15 is 0 Å². The number of likely N-dealkylation sites (N-methyl/N-ethyl adjacent to an activating group) is 1. The normalized spacial score (nSPS) is 18.2. The molecule has 0 fully saturated rings. The number of hydrogen-bond donors (Lipinski definition) is 3. The van der Waals surface area contributed by atoms with Gasteiger partial charge in [0.2, 0.25) is 0 Å². The Morgan fingerprint density at radius 2 is 1.04 bits per heavy atom. The molecular weight excluding hydrogens is 1000 g/mol. The van der Waals surface area contributed by atoms with E-state index < -0.39 is 65.3 Å². The first-order chi connectivity index (χ1) is 33.2. The molecule has 0 saturated carbocycles. The lowest BCUT2D eigenvalue weighted by Crippen LogP contribution is -2.52. The number of quaternary nitrogens is 1. The van der Waals surface area contributed by atoms with Crippen LogP contribution in [0.4, 0.5) is 47.3 Å². The van der Waals surface area contributed by atoms with Crippen molar-refractivity contribution in [1.29, 1.82) is 10.5 Å². The fourth-order valence-corrected chi connectivity index (χ4v) is 9.47. The number of benzene rings is 4. The lowest BCUT2D eigenvalue weighted by atomic mass is 9.94. The Labute approximate surface area is 413 Å². The number of halogens is 7. The van der Waals surface area contributed by atoms with Gasteiger partial charge in [0.1, 0.15) is 0 Å². The molecule has 0 unspecified atom stereocenters. The Bertz CT molecular complexity index is 2760. The second-order valence-corrected chi connectivity index (χ2v) is 17.6. The van der Waals surface area contributed by atoms with Gasteiger partial charge in [-0.1, -0.05) is 36.4 Å². The molecule has 0 radical (unpaired) electrons. The predicted octanol–water partition coefficient (Wildman–Crippen LogP) is 7.19. The van der Waals surface area contributed by atoms with Crippen LogP contribution < -0.4 is 26.2 Å². The van der Waals surface area contributed by atoms with Crippen molar-refractivity contribution >= 4 is 58.1 Å². The molecule has 368 valence electrons. The van der Waals surface area contributed by atoms with E-state index in [0.717, 1.165) is 46.2 Å². The Hall–Kier alpha value is -7.69. The molecule has 4 aliphatic heterocycles. The van der Waals surface area contributed by atoms with E-state index in [1.807, 2.05) is 12.1 Å². The van der Waals surface area contributed by atoms with Crippen LogP contribution in [0.5, 0.6) is 0 Å². The molecule has 15 nitrogen and oxygen atoms in total. The van der Waals surface area contributed by atoms with E-state index in [-0.39, 0.29) is 114 Å². The summed E-state index contributed by atoms with van der Waals surface area (Å²) in [6, 6.07) is 21.2. The van der Waals surface area contributed by atoms with Crippen molar-refractivity contribution in [3.8, 4) is 12.1 Å². The smallest absolute Gasteiger partial charge is 0.365 e. The molecular formula is C49H44BrF6N10O5+. The molecule has 7 amide bonds. The predicted molar refractivity (Wildman–Crippen MR) is 249 cm³/mol. The van der Waals surface area contributed by atoms with E-state index in [1.165, 1.54) is 46.2 Å². The average molecular weight is 1050 g/mol. The largest absolute Gasteiger partial charge is 0.416 e. The molecule has 4 aromatic rings. The van der Waals surface area contributed by atoms with Crippen LogP contribution in [0, 0.1) is 22.7 Å². The number of nitriles is 2. The van der Waals surface area contributed by atoms with Crippen molar-refractivity contribution in [3.63, 3.8) is 0 Å². The third kappa shape index (κ3) is 10.4. The third-order valence-electron chi connectivity index (χ3n) is 12.8. The van der Waals surface area contributed by atoms with E-state index in [1.54, 1.807) is 31.3 Å². The number of hydrogen-bond acceptors (Lipinski definition) is 7. The maximum atomic E-state index is 14.3. The zero-order valence-electron chi connectivity index (χ0n) is 37.7. The number of primary amides is 1. The van der Waals surface area contributed by atoms with Crippen LogP contribution in [0.3, 0.4) is 0 Å². The fourth-order valence-electron chi connectivity index (χ4n) is 9.47. The maximum absolute atomic E-state index is 14.3. The molecule has 4 heterocycles. The van der Waals surface area contributed by atoms with E-state index in [4.69, 9.17) is 5.73 Å². The van der Waals surface area contributed by atoms with Crippen molar-refractivity contribution in [1.82, 2.24) is 20.4 Å². The summed E-state index contributed by atoms with van der Waals surface area (Å²) < 4.78 is 83.0. The Kier molecular flexibility index (Phi) is 14.4.